The normalized spacial score (nSPS) is 13.0. The van der Waals surface area contributed by atoms with E-state index in [4.69, 9.17) is 9.47 Å². The first-order valence-corrected chi connectivity index (χ1v) is 6.66. The van der Waals surface area contributed by atoms with Crippen LogP contribution in [0.25, 0.3) is 10.8 Å². The largest absolute Gasteiger partial charge is 0.508 e. The number of phenols is 1. The van der Waals surface area contributed by atoms with E-state index < -0.39 is 0 Å². The fraction of sp³-hybridized carbons (Fsp3) is 0.375. The second kappa shape index (κ2) is 6.70. The lowest BCUT2D eigenvalue weighted by atomic mass is 10.0. The summed E-state index contributed by atoms with van der Waals surface area (Å²) >= 11 is 0. The van der Waals surface area contributed by atoms with Crippen molar-refractivity contribution in [3.8, 4) is 5.75 Å². The molecule has 4 heteroatoms. The maximum atomic E-state index is 10.1. The van der Waals surface area contributed by atoms with Crippen LogP contribution in [-0.2, 0) is 16.0 Å². The van der Waals surface area contributed by atoms with Crippen molar-refractivity contribution in [2.45, 2.75) is 25.8 Å². The van der Waals surface area contributed by atoms with Crippen molar-refractivity contribution in [3.63, 3.8) is 0 Å². The molecule has 2 aromatic rings. The number of nitrogens with one attached hydrogen (secondary N) is 1. The Bertz CT molecular complexity index is 567. The third-order valence-corrected chi connectivity index (χ3v) is 3.49. The molecule has 0 aliphatic heterocycles. The van der Waals surface area contributed by atoms with E-state index in [2.05, 4.69) is 5.32 Å². The molecule has 0 aliphatic carbocycles. The second-order valence-electron chi connectivity index (χ2n) is 4.79. The van der Waals surface area contributed by atoms with Crippen LogP contribution >= 0.6 is 0 Å². The van der Waals surface area contributed by atoms with Gasteiger partial charge in [-0.25, -0.2) is 0 Å². The van der Waals surface area contributed by atoms with E-state index in [0.29, 0.717) is 12.3 Å². The van der Waals surface area contributed by atoms with Crippen molar-refractivity contribution in [2.24, 2.45) is 0 Å². The Hall–Kier alpha value is -1.62. The summed E-state index contributed by atoms with van der Waals surface area (Å²) in [5, 5.41) is 15.6. The third-order valence-electron chi connectivity index (χ3n) is 3.49. The van der Waals surface area contributed by atoms with Crippen molar-refractivity contribution in [3.05, 3.63) is 42.0 Å². The Morgan fingerprint density at radius 2 is 1.80 bits per heavy atom. The zero-order valence-electron chi connectivity index (χ0n) is 12.1. The topological polar surface area (TPSA) is 50.7 Å². The summed E-state index contributed by atoms with van der Waals surface area (Å²) in [6.07, 6.45) is -0.313. The molecule has 0 aromatic heterocycles. The summed E-state index contributed by atoms with van der Waals surface area (Å²) in [6, 6.07) is 11.7. The van der Waals surface area contributed by atoms with Crippen LogP contribution in [0.5, 0.6) is 5.75 Å². The monoisotopic (exact) mass is 275 g/mol. The Labute approximate surface area is 119 Å². The maximum Gasteiger partial charge on any atom is 0.171 e. The summed E-state index contributed by atoms with van der Waals surface area (Å²) in [5.74, 6) is 0.301. The van der Waals surface area contributed by atoms with Gasteiger partial charge in [-0.3, -0.25) is 0 Å². The molecule has 1 atom stereocenters. The predicted octanol–water partition coefficient (Wildman–Crippen LogP) is 2.64. The van der Waals surface area contributed by atoms with Crippen LogP contribution in [0.2, 0.25) is 0 Å². The third kappa shape index (κ3) is 3.10. The van der Waals surface area contributed by atoms with Crippen LogP contribution < -0.4 is 5.32 Å². The van der Waals surface area contributed by atoms with E-state index in [9.17, 15) is 5.11 Å². The molecule has 0 saturated carbocycles. The van der Waals surface area contributed by atoms with Gasteiger partial charge >= 0.3 is 0 Å². The van der Waals surface area contributed by atoms with E-state index in [-0.39, 0.29) is 12.3 Å². The van der Waals surface area contributed by atoms with Gasteiger partial charge in [0.2, 0.25) is 0 Å². The van der Waals surface area contributed by atoms with Crippen molar-refractivity contribution in [2.75, 3.05) is 14.2 Å². The minimum absolute atomic E-state index is 0.0170. The summed E-state index contributed by atoms with van der Waals surface area (Å²) in [5.41, 5.74) is 0.890. The standard InChI is InChI=1S/C16H21NO3/c1-11(16(19-2)20-3)17-10-14-13-7-5-4-6-12(13)8-9-15(14)18/h4-9,11,16-18H,10H2,1-3H3. The van der Waals surface area contributed by atoms with Crippen LogP contribution in [-0.4, -0.2) is 31.7 Å². The first-order valence-electron chi connectivity index (χ1n) is 6.66. The average molecular weight is 275 g/mol. The van der Waals surface area contributed by atoms with Crippen molar-refractivity contribution < 1.29 is 14.6 Å². The van der Waals surface area contributed by atoms with E-state index in [1.54, 1.807) is 20.3 Å². The van der Waals surface area contributed by atoms with Crippen molar-refractivity contribution in [1.29, 1.82) is 0 Å². The first-order chi connectivity index (χ1) is 9.67. The number of phenolic OH excluding ortho intramolecular Hbond substituents is 1. The SMILES string of the molecule is COC(OC)C(C)NCc1c(O)ccc2ccccc12. The molecule has 0 heterocycles. The number of rotatable bonds is 6. The maximum absolute atomic E-state index is 10.1. The summed E-state index contributed by atoms with van der Waals surface area (Å²) in [4.78, 5) is 0. The molecule has 0 amide bonds. The highest BCUT2D eigenvalue weighted by molar-refractivity contribution is 5.87. The Morgan fingerprint density at radius 3 is 2.50 bits per heavy atom. The van der Waals surface area contributed by atoms with E-state index >= 15 is 0 Å². The molecule has 2 aromatic carbocycles. The zero-order chi connectivity index (χ0) is 14.5. The van der Waals surface area contributed by atoms with Gasteiger partial charge in [0, 0.05) is 26.3 Å². The Morgan fingerprint density at radius 1 is 1.10 bits per heavy atom. The minimum atomic E-state index is -0.313. The molecule has 108 valence electrons. The van der Waals surface area contributed by atoms with E-state index in [1.807, 2.05) is 37.3 Å². The number of hydrogen-bond donors (Lipinski definition) is 2. The predicted molar refractivity (Wildman–Crippen MR) is 79.7 cm³/mol. The Balaban J connectivity index is 2.19. The Kier molecular flexibility index (Phi) is 4.95. The summed E-state index contributed by atoms with van der Waals surface area (Å²) < 4.78 is 10.4. The number of aromatic hydroxyl groups is 1. The number of benzene rings is 2. The molecule has 0 fully saturated rings. The number of ether oxygens (including phenoxy) is 2. The van der Waals surface area contributed by atoms with E-state index in [0.717, 1.165) is 16.3 Å². The van der Waals surface area contributed by atoms with Crippen LogP contribution in [0.4, 0.5) is 0 Å². The summed E-state index contributed by atoms with van der Waals surface area (Å²) in [7, 11) is 3.23. The second-order valence-corrected chi connectivity index (χ2v) is 4.79. The highest BCUT2D eigenvalue weighted by Crippen LogP contribution is 2.27. The summed E-state index contributed by atoms with van der Waals surface area (Å²) in [6.45, 7) is 2.54. The molecular formula is C16H21NO3. The quantitative estimate of drug-likeness (QED) is 0.796. The molecule has 20 heavy (non-hydrogen) atoms. The molecule has 0 spiro atoms. The molecule has 4 nitrogen and oxygen atoms in total. The van der Waals surface area contributed by atoms with E-state index in [1.165, 1.54) is 0 Å². The number of fused-ring (bicyclic) bond motifs is 1. The highest BCUT2D eigenvalue weighted by Gasteiger charge is 2.16. The first kappa shape index (κ1) is 14.8. The van der Waals surface area contributed by atoms with Crippen LogP contribution in [0, 0.1) is 0 Å². The van der Waals surface area contributed by atoms with Gasteiger partial charge in [0.1, 0.15) is 5.75 Å². The molecule has 0 aliphatic rings. The lowest BCUT2D eigenvalue weighted by Gasteiger charge is -2.22. The molecule has 0 bridgehead atoms. The van der Waals surface area contributed by atoms with Gasteiger partial charge in [0.25, 0.3) is 0 Å². The van der Waals surface area contributed by atoms with Gasteiger partial charge in [0.05, 0.1) is 6.04 Å². The van der Waals surface area contributed by atoms with Crippen LogP contribution in [0.1, 0.15) is 12.5 Å². The lowest BCUT2D eigenvalue weighted by molar-refractivity contribution is -0.119. The van der Waals surface area contributed by atoms with Gasteiger partial charge < -0.3 is 19.9 Å². The number of hydrogen-bond acceptors (Lipinski definition) is 4. The van der Waals surface area contributed by atoms with Gasteiger partial charge in [-0.05, 0) is 23.8 Å². The smallest absolute Gasteiger partial charge is 0.171 e. The molecule has 0 saturated heterocycles. The fourth-order valence-corrected chi connectivity index (χ4v) is 2.37. The van der Waals surface area contributed by atoms with Crippen molar-refractivity contribution >= 4 is 10.8 Å². The fourth-order valence-electron chi connectivity index (χ4n) is 2.37. The molecule has 2 N–H and O–H groups in total. The van der Waals surface area contributed by atoms with Gasteiger partial charge in [0.15, 0.2) is 6.29 Å². The van der Waals surface area contributed by atoms with Gasteiger partial charge in [-0.1, -0.05) is 30.3 Å². The van der Waals surface area contributed by atoms with Crippen LogP contribution in [0.15, 0.2) is 36.4 Å². The zero-order valence-corrected chi connectivity index (χ0v) is 12.1. The highest BCUT2D eigenvalue weighted by atomic mass is 16.7. The minimum Gasteiger partial charge on any atom is -0.508 e. The molecule has 1 unspecified atom stereocenters. The number of methoxy groups -OCH3 is 2. The van der Waals surface area contributed by atoms with Gasteiger partial charge in [-0.2, -0.15) is 0 Å². The molecule has 0 radical (unpaired) electrons. The van der Waals surface area contributed by atoms with Crippen LogP contribution in [0.3, 0.4) is 0 Å². The average Bonchev–Trinajstić information content (AvgIpc) is 2.47. The van der Waals surface area contributed by atoms with Gasteiger partial charge in [-0.15, -0.1) is 0 Å². The van der Waals surface area contributed by atoms with Crippen molar-refractivity contribution in [1.82, 2.24) is 5.32 Å². The lowest BCUT2D eigenvalue weighted by Crippen LogP contribution is -2.39. The molecule has 2 rings (SSSR count). The molecular weight excluding hydrogens is 254 g/mol.